The van der Waals surface area contributed by atoms with Gasteiger partial charge in [-0.15, -0.1) is 0 Å². The highest BCUT2D eigenvalue weighted by atomic mass is 31.3. The van der Waals surface area contributed by atoms with E-state index >= 15 is 0 Å². The van der Waals surface area contributed by atoms with E-state index < -0.39 is 95.4 Å². The Morgan fingerprint density at radius 2 is 1.55 bits per heavy atom. The number of nitrogens with zero attached hydrogens (tertiary/aromatic N) is 3. The molecule has 0 amide bonds. The average Bonchev–Trinajstić information content (AvgIpc) is 3.57. The maximum Gasteiger partial charge on any atom is 0.489 e. The van der Waals surface area contributed by atoms with Crippen LogP contribution in [-0.4, -0.2) is 79.8 Å². The van der Waals surface area contributed by atoms with Gasteiger partial charge in [0.15, 0.2) is 11.8 Å². The van der Waals surface area contributed by atoms with E-state index in [4.69, 9.17) is 32.3 Å². The zero-order valence-corrected chi connectivity index (χ0v) is 28.3. The van der Waals surface area contributed by atoms with Gasteiger partial charge in [-0.1, -0.05) is 45.0 Å². The first-order chi connectivity index (χ1) is 23.0. The van der Waals surface area contributed by atoms with Crippen LogP contribution in [-0.2, 0) is 57.4 Å². The number of carbonyl (C=O) groups is 2. The molecule has 3 aromatic rings. The molecule has 49 heavy (non-hydrogen) atoms. The van der Waals surface area contributed by atoms with E-state index in [1.165, 1.54) is 27.7 Å². The number of esters is 2. The Morgan fingerprint density at radius 1 is 0.939 bits per heavy atom. The highest BCUT2D eigenvalue weighted by molar-refractivity contribution is 7.61. The minimum Gasteiger partial charge on any atom is -0.438 e. The number of phosphoric acid groups is 2. The SMILES string of the molecule is CC(C)C(=O)OCOP(=O)(OCOC(=O)C(C)C)OP(=O)(O)OC[C@H]1O[C@@H](n2ccc(=O)n(Cc3noc4ccccc34)c2=O)[C@@H](O)[C@H]1O. The molecule has 0 saturated carbocycles. The van der Waals surface area contributed by atoms with Gasteiger partial charge in [0.25, 0.3) is 5.56 Å². The van der Waals surface area contributed by atoms with Crippen LogP contribution in [0.25, 0.3) is 11.0 Å². The lowest BCUT2D eigenvalue weighted by Gasteiger charge is -2.22. The second kappa shape index (κ2) is 16.0. The molecular formula is C27H35N3O17P2. The molecule has 1 aliphatic heterocycles. The molecule has 22 heteroatoms. The third-order valence-electron chi connectivity index (χ3n) is 6.84. The molecule has 0 spiro atoms. The van der Waals surface area contributed by atoms with Crippen LogP contribution >= 0.6 is 15.6 Å². The van der Waals surface area contributed by atoms with Gasteiger partial charge in [0.2, 0.25) is 13.6 Å². The highest BCUT2D eigenvalue weighted by Crippen LogP contribution is 2.63. The van der Waals surface area contributed by atoms with Crippen molar-refractivity contribution in [2.75, 3.05) is 20.2 Å². The second-order valence-corrected chi connectivity index (χ2v) is 14.4. The molecule has 0 radical (unpaired) electrons. The molecule has 20 nitrogen and oxygen atoms in total. The summed E-state index contributed by atoms with van der Waals surface area (Å²) in [5.41, 5.74) is -0.982. The monoisotopic (exact) mass is 735 g/mol. The average molecular weight is 736 g/mol. The van der Waals surface area contributed by atoms with Crippen molar-refractivity contribution >= 4 is 38.6 Å². The molecule has 1 saturated heterocycles. The minimum atomic E-state index is -5.44. The van der Waals surface area contributed by atoms with E-state index in [9.17, 15) is 43.4 Å². The van der Waals surface area contributed by atoms with Gasteiger partial charge in [0.05, 0.1) is 25.0 Å². The summed E-state index contributed by atoms with van der Waals surface area (Å²) in [7, 11) is -10.6. The van der Waals surface area contributed by atoms with Gasteiger partial charge in [-0.25, -0.2) is 23.0 Å². The summed E-state index contributed by atoms with van der Waals surface area (Å²) in [6, 6.07) is 7.77. The predicted octanol–water partition coefficient (Wildman–Crippen LogP) is 1.41. The summed E-state index contributed by atoms with van der Waals surface area (Å²) in [6.07, 6.45) is -5.80. The third-order valence-corrected chi connectivity index (χ3v) is 9.78. The smallest absolute Gasteiger partial charge is 0.438 e. The Hall–Kier alpha value is -3.55. The number of aliphatic hydroxyl groups is 2. The van der Waals surface area contributed by atoms with Gasteiger partial charge in [-0.2, -0.15) is 4.31 Å². The first kappa shape index (κ1) is 38.3. The van der Waals surface area contributed by atoms with E-state index in [0.29, 0.717) is 11.0 Å². The first-order valence-corrected chi connectivity index (χ1v) is 17.6. The van der Waals surface area contributed by atoms with Crippen molar-refractivity contribution in [3.8, 4) is 0 Å². The lowest BCUT2D eigenvalue weighted by Crippen LogP contribution is -2.43. The number of para-hydroxylation sites is 1. The molecule has 3 heterocycles. The van der Waals surface area contributed by atoms with Crippen LogP contribution in [0.3, 0.4) is 0 Å². The van der Waals surface area contributed by atoms with Crippen molar-refractivity contribution in [2.24, 2.45) is 11.8 Å². The number of benzene rings is 1. The Morgan fingerprint density at radius 3 is 2.16 bits per heavy atom. The Balaban J connectivity index is 1.44. The topological polar surface area (TPSA) is 264 Å². The molecule has 3 N–H and O–H groups in total. The van der Waals surface area contributed by atoms with Crippen molar-refractivity contribution in [1.82, 2.24) is 14.3 Å². The van der Waals surface area contributed by atoms with Crippen molar-refractivity contribution in [3.05, 3.63) is 63.1 Å². The van der Waals surface area contributed by atoms with Crippen LogP contribution in [0.5, 0.6) is 0 Å². The summed E-state index contributed by atoms with van der Waals surface area (Å²) in [5.74, 6) is -2.81. The Bertz CT molecular complexity index is 1820. The van der Waals surface area contributed by atoms with E-state index in [1.54, 1.807) is 24.3 Å². The van der Waals surface area contributed by atoms with Gasteiger partial charge in [-0.3, -0.25) is 28.0 Å². The quantitative estimate of drug-likeness (QED) is 0.107. The molecular weight excluding hydrogens is 700 g/mol. The molecule has 2 aromatic heterocycles. The lowest BCUT2D eigenvalue weighted by molar-refractivity contribution is -0.157. The molecule has 4 rings (SSSR count). The summed E-state index contributed by atoms with van der Waals surface area (Å²) in [5, 5.41) is 25.8. The van der Waals surface area contributed by atoms with Gasteiger partial charge in [-0.05, 0) is 12.1 Å². The van der Waals surface area contributed by atoms with Crippen LogP contribution in [0.4, 0.5) is 0 Å². The van der Waals surface area contributed by atoms with Gasteiger partial charge in [0, 0.05) is 17.6 Å². The molecule has 270 valence electrons. The summed E-state index contributed by atoms with van der Waals surface area (Å²) in [6.45, 7) is 2.54. The fraction of sp³-hybridized carbons (Fsp3) is 0.519. The van der Waals surface area contributed by atoms with Gasteiger partial charge >= 0.3 is 33.3 Å². The normalized spacial score (nSPS) is 20.9. The Kier molecular flexibility index (Phi) is 12.5. The minimum absolute atomic E-state index is 0.270. The fourth-order valence-electron chi connectivity index (χ4n) is 4.20. The maximum absolute atomic E-state index is 13.3. The van der Waals surface area contributed by atoms with E-state index in [-0.39, 0.29) is 12.2 Å². The van der Waals surface area contributed by atoms with Crippen molar-refractivity contribution in [2.45, 2.75) is 58.8 Å². The molecule has 1 fully saturated rings. The van der Waals surface area contributed by atoms with E-state index in [1.807, 2.05) is 0 Å². The number of carbonyl (C=O) groups excluding carboxylic acids is 2. The van der Waals surface area contributed by atoms with E-state index in [2.05, 4.69) is 9.47 Å². The number of ether oxygens (including phenoxy) is 3. The van der Waals surface area contributed by atoms with Crippen molar-refractivity contribution < 1.29 is 70.4 Å². The first-order valence-electron chi connectivity index (χ1n) is 14.6. The number of hydrogen-bond acceptors (Lipinski definition) is 17. The van der Waals surface area contributed by atoms with Gasteiger partial charge in [0.1, 0.15) is 24.0 Å². The van der Waals surface area contributed by atoms with Crippen LogP contribution in [0, 0.1) is 11.8 Å². The number of aromatic nitrogens is 3. The van der Waals surface area contributed by atoms with E-state index in [0.717, 1.165) is 21.4 Å². The van der Waals surface area contributed by atoms with Crippen LogP contribution in [0.1, 0.15) is 39.6 Å². The zero-order chi connectivity index (χ0) is 36.1. The lowest BCUT2D eigenvalue weighted by atomic mass is 10.1. The van der Waals surface area contributed by atoms with Crippen molar-refractivity contribution in [3.63, 3.8) is 0 Å². The fourth-order valence-corrected chi connectivity index (χ4v) is 6.55. The molecule has 1 aliphatic rings. The Labute approximate surface area is 277 Å². The maximum atomic E-state index is 13.3. The standard InChI is InChI=1S/C27H35N3O17P2/c1-15(2)25(34)40-13-43-49(39,44-14-41-26(35)16(3)4)47-48(37,38)42-12-20-22(32)23(33)24(45-20)29-10-9-21(31)30(27(29)36)11-18-17-7-5-6-8-19(17)46-28-18/h5-10,15-16,20,22-24,32-33H,11-14H2,1-4H3,(H,37,38)/t20-,22+,23+,24-/m1/s1. The summed E-state index contributed by atoms with van der Waals surface area (Å²) in [4.78, 5) is 59.7. The molecule has 1 unspecified atom stereocenters. The number of fused-ring (bicyclic) bond motifs is 1. The number of rotatable bonds is 16. The largest absolute Gasteiger partial charge is 0.489 e. The molecule has 1 aromatic carbocycles. The molecule has 5 atom stereocenters. The van der Waals surface area contributed by atoms with Crippen LogP contribution < -0.4 is 11.2 Å². The number of hydrogen-bond donors (Lipinski definition) is 3. The van der Waals surface area contributed by atoms with Crippen molar-refractivity contribution in [1.29, 1.82) is 0 Å². The number of phosphoric ester groups is 2. The predicted molar refractivity (Wildman–Crippen MR) is 162 cm³/mol. The second-order valence-electron chi connectivity index (χ2n) is 11.1. The third kappa shape index (κ3) is 9.58. The van der Waals surface area contributed by atoms with Crippen LogP contribution in [0.15, 0.2) is 50.6 Å². The van der Waals surface area contributed by atoms with Gasteiger partial charge < -0.3 is 33.8 Å². The van der Waals surface area contributed by atoms with Crippen LogP contribution in [0.2, 0.25) is 0 Å². The highest BCUT2D eigenvalue weighted by Gasteiger charge is 2.47. The summed E-state index contributed by atoms with van der Waals surface area (Å²) < 4.78 is 66.7. The zero-order valence-electron chi connectivity index (χ0n) is 26.5. The molecule has 0 bridgehead atoms. The number of aliphatic hydroxyl groups excluding tert-OH is 2. The summed E-state index contributed by atoms with van der Waals surface area (Å²) >= 11 is 0. The molecule has 0 aliphatic carbocycles.